The van der Waals surface area contributed by atoms with Crippen LogP contribution in [0.2, 0.25) is 0 Å². The van der Waals surface area contributed by atoms with Crippen LogP contribution in [0.5, 0.6) is 0 Å². The maximum Gasteiger partial charge on any atom is 0.250 e. The Bertz CT molecular complexity index is 602. The number of carbonyl (C=O) groups excluding carboxylic acids is 1. The van der Waals surface area contributed by atoms with Crippen LogP contribution in [0.3, 0.4) is 0 Å². The number of carbonyl (C=O) groups is 1. The van der Waals surface area contributed by atoms with Crippen molar-refractivity contribution in [1.29, 1.82) is 0 Å². The number of aromatic nitrogens is 5. The number of aromatic amines is 1. The maximum absolute atomic E-state index is 11.8. The molecule has 2 unspecified atom stereocenters. The highest BCUT2D eigenvalue weighted by Crippen LogP contribution is 2.32. The van der Waals surface area contributed by atoms with Crippen LogP contribution >= 0.6 is 11.6 Å². The molecule has 0 saturated carbocycles. The Balaban J connectivity index is 2.27. The summed E-state index contributed by atoms with van der Waals surface area (Å²) in [4.78, 5) is 20.1. The van der Waals surface area contributed by atoms with E-state index in [4.69, 9.17) is 16.1 Å². The smallest absolute Gasteiger partial charge is 0.250 e. The van der Waals surface area contributed by atoms with E-state index >= 15 is 0 Å². The fraction of sp³-hybridized carbons (Fsp3) is 0.583. The Morgan fingerprint density at radius 2 is 2.19 bits per heavy atom. The molecule has 0 spiro atoms. The third kappa shape index (κ3) is 3.57. The summed E-state index contributed by atoms with van der Waals surface area (Å²) in [6, 6.07) is -0.463. The van der Waals surface area contributed by atoms with E-state index in [0.29, 0.717) is 11.7 Å². The molecule has 0 aliphatic heterocycles. The summed E-state index contributed by atoms with van der Waals surface area (Å²) in [6.07, 6.45) is 1.35. The quantitative estimate of drug-likeness (QED) is 0.831. The van der Waals surface area contributed by atoms with Gasteiger partial charge >= 0.3 is 0 Å². The maximum atomic E-state index is 11.8. The van der Waals surface area contributed by atoms with E-state index in [1.54, 1.807) is 6.92 Å². The van der Waals surface area contributed by atoms with E-state index in [-0.39, 0.29) is 17.1 Å². The van der Waals surface area contributed by atoms with Crippen LogP contribution in [-0.2, 0) is 4.79 Å². The molecule has 2 aromatic rings. The Kier molecular flexibility index (Phi) is 4.26. The van der Waals surface area contributed by atoms with Gasteiger partial charge in [-0.3, -0.25) is 9.89 Å². The van der Waals surface area contributed by atoms with Crippen molar-refractivity contribution in [3.05, 3.63) is 12.2 Å². The molecule has 0 aliphatic carbocycles. The highest BCUT2D eigenvalue weighted by Gasteiger charge is 2.33. The van der Waals surface area contributed by atoms with Crippen molar-refractivity contribution in [1.82, 2.24) is 30.6 Å². The molecule has 21 heavy (non-hydrogen) atoms. The fourth-order valence-corrected chi connectivity index (χ4v) is 1.73. The summed E-state index contributed by atoms with van der Waals surface area (Å²) >= 11 is 5.79. The average molecular weight is 313 g/mol. The van der Waals surface area contributed by atoms with Crippen LogP contribution in [-0.4, -0.2) is 36.6 Å². The van der Waals surface area contributed by atoms with E-state index in [0.717, 1.165) is 0 Å². The first kappa shape index (κ1) is 15.4. The first-order chi connectivity index (χ1) is 9.79. The molecule has 0 bridgehead atoms. The Labute approximate surface area is 126 Å². The lowest BCUT2D eigenvalue weighted by Crippen LogP contribution is -2.39. The topological polar surface area (TPSA) is 110 Å². The molecule has 2 N–H and O–H groups in total. The van der Waals surface area contributed by atoms with E-state index < -0.39 is 11.4 Å². The number of nitrogens with one attached hydrogen (secondary N) is 2. The molecule has 0 saturated heterocycles. The van der Waals surface area contributed by atoms with E-state index in [9.17, 15) is 4.79 Å². The molecule has 2 heterocycles. The summed E-state index contributed by atoms with van der Waals surface area (Å²) in [5.41, 5.74) is -0.327. The van der Waals surface area contributed by atoms with Gasteiger partial charge in [0.25, 0.3) is 0 Å². The number of halogens is 1. The second-order valence-corrected chi connectivity index (χ2v) is 6.37. The van der Waals surface area contributed by atoms with Crippen LogP contribution in [0.4, 0.5) is 0 Å². The highest BCUT2D eigenvalue weighted by atomic mass is 35.5. The minimum absolute atomic E-state index is 0.282. The fourth-order valence-electron chi connectivity index (χ4n) is 1.67. The third-order valence-corrected chi connectivity index (χ3v) is 3.03. The van der Waals surface area contributed by atoms with Crippen LogP contribution in [0.25, 0.3) is 11.6 Å². The summed E-state index contributed by atoms with van der Waals surface area (Å²) in [5.74, 6) is 0.676. The van der Waals surface area contributed by atoms with Gasteiger partial charge in [0.2, 0.25) is 17.6 Å². The molecule has 2 rings (SSSR count). The molecule has 9 heteroatoms. The second-order valence-electron chi connectivity index (χ2n) is 5.71. The van der Waals surface area contributed by atoms with Crippen molar-refractivity contribution in [2.75, 3.05) is 0 Å². The van der Waals surface area contributed by atoms with Gasteiger partial charge in [-0.1, -0.05) is 25.9 Å². The number of nitrogens with zero attached hydrogens (tertiary/aromatic N) is 4. The van der Waals surface area contributed by atoms with E-state index in [1.807, 2.05) is 20.8 Å². The van der Waals surface area contributed by atoms with Gasteiger partial charge in [0, 0.05) is 0 Å². The van der Waals surface area contributed by atoms with Crippen LogP contribution < -0.4 is 5.32 Å². The second kappa shape index (κ2) is 5.80. The molecule has 2 atom stereocenters. The zero-order valence-corrected chi connectivity index (χ0v) is 13.0. The molecule has 0 radical (unpaired) electrons. The van der Waals surface area contributed by atoms with Gasteiger partial charge in [0.15, 0.2) is 5.82 Å². The summed E-state index contributed by atoms with van der Waals surface area (Å²) < 4.78 is 5.25. The lowest BCUT2D eigenvalue weighted by molar-refractivity contribution is -0.122. The minimum atomic E-state index is -0.647. The number of rotatable bonds is 4. The predicted octanol–water partition coefficient (Wildman–Crippen LogP) is 1.69. The molecule has 0 aromatic carbocycles. The zero-order valence-electron chi connectivity index (χ0n) is 12.2. The summed E-state index contributed by atoms with van der Waals surface area (Å²) in [5, 5.41) is 12.4. The van der Waals surface area contributed by atoms with Gasteiger partial charge < -0.3 is 9.84 Å². The Morgan fingerprint density at radius 1 is 1.48 bits per heavy atom. The number of hydrogen-bond acceptors (Lipinski definition) is 6. The number of amides is 1. The molecule has 0 fully saturated rings. The lowest BCUT2D eigenvalue weighted by Gasteiger charge is -2.28. The van der Waals surface area contributed by atoms with Gasteiger partial charge in [-0.15, -0.1) is 11.6 Å². The van der Waals surface area contributed by atoms with E-state index in [1.165, 1.54) is 6.33 Å². The summed E-state index contributed by atoms with van der Waals surface area (Å²) in [6.45, 7) is 7.46. The monoisotopic (exact) mass is 312 g/mol. The van der Waals surface area contributed by atoms with Crippen molar-refractivity contribution in [3.63, 3.8) is 0 Å². The third-order valence-electron chi connectivity index (χ3n) is 2.83. The van der Waals surface area contributed by atoms with Crippen LogP contribution in [0.15, 0.2) is 10.9 Å². The number of hydrogen-bond donors (Lipinski definition) is 2. The van der Waals surface area contributed by atoms with Crippen molar-refractivity contribution in [3.8, 4) is 11.6 Å². The molecular weight excluding hydrogens is 296 g/mol. The van der Waals surface area contributed by atoms with Crippen molar-refractivity contribution >= 4 is 17.5 Å². The molecule has 2 aromatic heterocycles. The predicted molar refractivity (Wildman–Crippen MR) is 75.3 cm³/mol. The molecular formula is C12H17ClN6O2. The SMILES string of the molecule is CC(Cl)C(=O)NC(c1nc(-c2ncn[nH]2)no1)C(C)(C)C. The molecule has 8 nitrogen and oxygen atoms in total. The normalized spacial score (nSPS) is 14.7. The first-order valence-corrected chi connectivity index (χ1v) is 6.86. The number of H-pyrrole nitrogens is 1. The van der Waals surface area contributed by atoms with Gasteiger partial charge in [-0.05, 0) is 12.3 Å². The van der Waals surface area contributed by atoms with E-state index in [2.05, 4.69) is 30.6 Å². The summed E-state index contributed by atoms with van der Waals surface area (Å²) in [7, 11) is 0. The first-order valence-electron chi connectivity index (χ1n) is 6.43. The highest BCUT2D eigenvalue weighted by molar-refractivity contribution is 6.30. The average Bonchev–Trinajstić information content (AvgIpc) is 3.04. The van der Waals surface area contributed by atoms with Gasteiger partial charge in [0.1, 0.15) is 17.7 Å². The van der Waals surface area contributed by atoms with Gasteiger partial charge in [-0.2, -0.15) is 10.1 Å². The Hall–Kier alpha value is -1.96. The standard InChI is InChI=1S/C12H17ClN6O2/c1-6(13)10(20)16-7(12(2,3)4)11-17-9(19-21-11)8-14-5-15-18-8/h5-7H,1-4H3,(H,16,20)(H,14,15,18). The number of alkyl halides is 1. The minimum Gasteiger partial charge on any atom is -0.343 e. The van der Waals surface area contributed by atoms with Crippen LogP contribution in [0.1, 0.15) is 39.6 Å². The Morgan fingerprint density at radius 3 is 2.71 bits per heavy atom. The van der Waals surface area contributed by atoms with Crippen LogP contribution in [0, 0.1) is 5.41 Å². The van der Waals surface area contributed by atoms with Gasteiger partial charge in [0.05, 0.1) is 0 Å². The molecule has 1 amide bonds. The van der Waals surface area contributed by atoms with Gasteiger partial charge in [-0.25, -0.2) is 4.98 Å². The molecule has 0 aliphatic rings. The van der Waals surface area contributed by atoms with Crippen molar-refractivity contribution < 1.29 is 9.32 Å². The molecule has 114 valence electrons. The van der Waals surface area contributed by atoms with Crippen molar-refractivity contribution in [2.24, 2.45) is 5.41 Å². The van der Waals surface area contributed by atoms with Crippen molar-refractivity contribution in [2.45, 2.75) is 39.1 Å². The largest absolute Gasteiger partial charge is 0.343 e. The lowest BCUT2D eigenvalue weighted by atomic mass is 9.86. The zero-order chi connectivity index (χ0) is 15.6.